The van der Waals surface area contributed by atoms with Crippen molar-refractivity contribution < 1.29 is 38.8 Å². The first-order valence-corrected chi connectivity index (χ1v) is 48.3. The van der Waals surface area contributed by atoms with Gasteiger partial charge in [0.05, 0.1) is 94.0 Å². The number of esters is 1. The van der Waals surface area contributed by atoms with E-state index in [1.807, 2.05) is 300 Å². The van der Waals surface area contributed by atoms with Crippen LogP contribution in [0.2, 0.25) is 0 Å². The number of aryl methyl sites for hydroxylation is 3. The van der Waals surface area contributed by atoms with Crippen LogP contribution in [-0.4, -0.2) is 124 Å². The average Bonchev–Trinajstić information content (AvgIpc) is 1.61. The first-order chi connectivity index (χ1) is 71.2. The number of para-hydroxylation sites is 3. The fraction of sp³-hybridized carbons (Fsp3) is 0.0992. The summed E-state index contributed by atoms with van der Waals surface area (Å²) >= 11 is 3.20. The molecular formula is C121H103BBrN15O8. The number of ketones is 3. The van der Waals surface area contributed by atoms with E-state index < -0.39 is 19.1 Å². The lowest BCUT2D eigenvalue weighted by Crippen LogP contribution is -2.29. The van der Waals surface area contributed by atoms with Crippen LogP contribution in [0.15, 0.2) is 447 Å². The van der Waals surface area contributed by atoms with Crippen LogP contribution >= 0.6 is 15.9 Å². The van der Waals surface area contributed by atoms with Crippen LogP contribution in [0.3, 0.4) is 0 Å². The summed E-state index contributed by atoms with van der Waals surface area (Å²) in [6.45, 7) is 9.24. The number of halogens is 1. The van der Waals surface area contributed by atoms with Gasteiger partial charge in [-0.15, -0.1) is 0 Å². The Morgan fingerprint density at radius 3 is 1.13 bits per heavy atom. The summed E-state index contributed by atoms with van der Waals surface area (Å²) in [7, 11) is -0.145. The molecule has 0 bridgehead atoms. The van der Waals surface area contributed by atoms with Crippen molar-refractivity contribution in [2.45, 2.75) is 72.4 Å². The number of amides is 1. The van der Waals surface area contributed by atoms with Crippen molar-refractivity contribution in [3.05, 3.63) is 498 Å². The molecule has 25 heteroatoms. The van der Waals surface area contributed by atoms with Crippen molar-refractivity contribution in [2.75, 3.05) is 7.11 Å². The summed E-state index contributed by atoms with van der Waals surface area (Å²) < 4.78 is 11.3. The van der Waals surface area contributed by atoms with Crippen molar-refractivity contribution in [2.24, 2.45) is 10.2 Å². The minimum absolute atomic E-state index is 0.00868. The third-order valence-electron chi connectivity index (χ3n) is 24.1. The summed E-state index contributed by atoms with van der Waals surface area (Å²) in [6.07, 6.45) is 19.6. The highest BCUT2D eigenvalue weighted by atomic mass is 79.9. The number of hydrogen-bond acceptors (Lipinski definition) is 19. The lowest BCUT2D eigenvalue weighted by molar-refractivity contribution is -0.144. The number of carbonyl (C=O) groups excluding carboxylic acids is 5. The van der Waals surface area contributed by atoms with Gasteiger partial charge in [0.1, 0.15) is 4.60 Å². The molecular weight excluding hydrogens is 1880 g/mol. The number of pyridine rings is 5. The fourth-order valence-electron chi connectivity index (χ4n) is 16.1. The topological polar surface area (TPSA) is 293 Å². The van der Waals surface area contributed by atoms with Gasteiger partial charge in [-0.1, -0.05) is 296 Å². The summed E-state index contributed by atoms with van der Waals surface area (Å²) in [4.78, 5) is 81.7. The zero-order valence-corrected chi connectivity index (χ0v) is 82.7. The van der Waals surface area contributed by atoms with E-state index in [-0.39, 0.29) is 42.1 Å². The van der Waals surface area contributed by atoms with Crippen LogP contribution in [0.4, 0.5) is 0 Å². The fourth-order valence-corrected chi connectivity index (χ4v) is 16.4. The van der Waals surface area contributed by atoms with Crippen LogP contribution in [0.25, 0.3) is 102 Å². The molecule has 720 valence electrons. The highest BCUT2D eigenvalue weighted by Crippen LogP contribution is 2.41. The quantitative estimate of drug-likeness (QED) is 0.0176. The minimum atomic E-state index is -1.47. The molecule has 2 unspecified atom stereocenters. The second-order valence-electron chi connectivity index (χ2n) is 34.4. The SMILES string of the molecule is Brc1ccccn1.CC(=O)c1ccc(-c2ccccn2)cc1.CC(=O)c1ccc(B(O)O)cc1.COC(=O)CCC(=O)N1N=C(c2ccc(-c3ccccn3)cc2)CC1c1cn(-c2ccccc2)nc1-c1ccc(C)cc1.Cc1ccc(-c2nn(-c3ccccc3)cc2/C=C/C(=O)c2ccc(-c3ccccn3)cc2)cc1.Cc1ccc(-c2nn(-c3ccccc3)cc2C2CC(c3ccc(-c4ccccn4)cc3)=NN2)cc1. The molecule has 23 nitrogen and oxygen atoms in total. The Hall–Kier alpha value is -17.9. The van der Waals surface area contributed by atoms with Gasteiger partial charge >= 0.3 is 13.1 Å². The number of rotatable bonds is 23. The smallest absolute Gasteiger partial charge is 0.469 e. The van der Waals surface area contributed by atoms with E-state index in [2.05, 4.69) is 163 Å². The summed E-state index contributed by atoms with van der Waals surface area (Å²) in [5.41, 5.74) is 32.4. The lowest BCUT2D eigenvalue weighted by Gasteiger charge is -2.21. The molecule has 0 saturated heterocycles. The summed E-state index contributed by atoms with van der Waals surface area (Å²) in [6, 6.07) is 121. The number of nitrogens with one attached hydrogen (secondary N) is 1. The number of allylic oxidation sites excluding steroid dienone is 1. The van der Waals surface area contributed by atoms with Gasteiger partial charge in [0.2, 0.25) is 5.91 Å². The molecule has 2 aliphatic heterocycles. The molecule has 2 aliphatic rings. The van der Waals surface area contributed by atoms with Crippen LogP contribution in [0.1, 0.15) is 127 Å². The Bertz CT molecular complexity index is 7670. The number of hydrogen-bond donors (Lipinski definition) is 3. The number of Topliss-reactive ketones (excluding diaryl/α,β-unsaturated/α-hetero) is 2. The maximum atomic E-state index is 13.6. The maximum absolute atomic E-state index is 13.6. The average molecular weight is 1990 g/mol. The van der Waals surface area contributed by atoms with E-state index in [1.165, 1.54) is 42.3 Å². The molecule has 1 amide bonds. The lowest BCUT2D eigenvalue weighted by atomic mass is 9.80. The van der Waals surface area contributed by atoms with E-state index in [4.69, 9.17) is 40.3 Å². The second-order valence-corrected chi connectivity index (χ2v) is 35.2. The Labute approximate surface area is 856 Å². The molecule has 0 radical (unpaired) electrons. The number of methoxy groups -OCH3 is 1. The largest absolute Gasteiger partial charge is 0.488 e. The Morgan fingerprint density at radius 2 is 0.740 bits per heavy atom. The number of hydrazone groups is 2. The minimum Gasteiger partial charge on any atom is -0.469 e. The van der Waals surface area contributed by atoms with E-state index in [0.29, 0.717) is 23.0 Å². The number of aromatic nitrogens is 11. The van der Waals surface area contributed by atoms with Gasteiger partial charge in [-0.3, -0.25) is 43.9 Å². The first kappa shape index (κ1) is 101. The first-order valence-electron chi connectivity index (χ1n) is 47.5. The van der Waals surface area contributed by atoms with E-state index >= 15 is 0 Å². The monoisotopic (exact) mass is 1980 g/mol. The molecule has 19 aromatic rings. The van der Waals surface area contributed by atoms with Gasteiger partial charge in [-0.05, 0) is 176 Å². The third-order valence-corrected chi connectivity index (χ3v) is 24.6. The Morgan fingerprint density at radius 1 is 0.384 bits per heavy atom. The molecule has 0 saturated carbocycles. The molecule has 3 N–H and O–H groups in total. The van der Waals surface area contributed by atoms with Crippen LogP contribution in [-0.2, 0) is 14.3 Å². The molecule has 21 rings (SSSR count). The zero-order chi connectivity index (χ0) is 102. The second kappa shape index (κ2) is 49.5. The predicted octanol–water partition coefficient (Wildman–Crippen LogP) is 24.1. The zero-order valence-electron chi connectivity index (χ0n) is 81.1. The van der Waals surface area contributed by atoms with Gasteiger partial charge in [-0.25, -0.2) is 24.0 Å². The van der Waals surface area contributed by atoms with Gasteiger partial charge in [-0.2, -0.15) is 25.5 Å². The molecule has 2 atom stereocenters. The number of ether oxygens (including phenoxy) is 1. The standard InChI is InChI=1S/C35H31N5O3.C30H25N5.C30H23N3O.C13H11NO.C8H9BO3.C5H4BrN/c1-24-11-13-27(14-12-24)35-29(23-39(38-35)28-8-4-3-5-9-28)32-22-31(37-40(32)33(41)19-20-34(42)43-2)26-17-15-25(16-18-26)30-10-6-7-21-36-30;1-21-10-12-24(13-11-21)30-26(20-35(34-30)25-7-3-2-4-8-25)29-19-28(32-33-29)23-16-14-22(15-17-23)27-9-5-6-18-31-27;1-22-10-12-25(13-11-22)30-26(21-33(32-30)27-7-3-2-4-8-27)18-19-29(34)24-16-14-23(15-17-24)28-9-5-6-20-31-28;1-10(15)11-5-7-12(8-6-11)13-4-2-3-9-14-13;1-6(10)7-2-4-8(5-3-7)9(11)12;6-5-3-1-2-4-7-5/h3-18,21,23,32H,19-20,22H2,1-2H3;2-18,20,29,33H,19H2,1H3;2-21H,1H3;2-9H,1H3;2-5,11-12H,1H3;1-4H/b;;19-18+;;;. The predicted molar refractivity (Wildman–Crippen MR) is 581 cm³/mol. The number of carbonyl (C=O) groups is 5. The van der Waals surface area contributed by atoms with Gasteiger partial charge in [0.25, 0.3) is 0 Å². The molecule has 0 fully saturated rings. The highest BCUT2D eigenvalue weighted by Gasteiger charge is 2.37. The van der Waals surface area contributed by atoms with Gasteiger partial charge < -0.3 is 20.2 Å². The summed E-state index contributed by atoms with van der Waals surface area (Å²) in [5.74, 6) is -0.695. The Balaban J connectivity index is 0.000000135. The van der Waals surface area contributed by atoms with Crippen molar-refractivity contribution >= 4 is 75.2 Å². The van der Waals surface area contributed by atoms with E-state index in [0.717, 1.165) is 157 Å². The van der Waals surface area contributed by atoms with Crippen LogP contribution in [0.5, 0.6) is 0 Å². The van der Waals surface area contributed by atoms with E-state index in [9.17, 15) is 24.0 Å². The van der Waals surface area contributed by atoms with Gasteiger partial charge in [0, 0.05) is 141 Å². The van der Waals surface area contributed by atoms with Crippen LogP contribution < -0.4 is 10.9 Å². The van der Waals surface area contributed by atoms with Crippen molar-refractivity contribution in [1.29, 1.82) is 0 Å². The van der Waals surface area contributed by atoms with Crippen molar-refractivity contribution in [1.82, 2.24) is 64.7 Å². The van der Waals surface area contributed by atoms with E-state index in [1.54, 1.807) is 49.9 Å². The van der Waals surface area contributed by atoms with Crippen molar-refractivity contribution in [3.63, 3.8) is 0 Å². The molecule has 10 heterocycles. The number of nitrogens with zero attached hydrogens (tertiary/aromatic N) is 14. The number of benzene rings is 11. The normalized spacial score (nSPS) is 12.7. The molecule has 8 aromatic heterocycles. The third kappa shape index (κ3) is 26.8. The van der Waals surface area contributed by atoms with Crippen molar-refractivity contribution in [3.8, 4) is 95.9 Å². The molecule has 11 aromatic carbocycles. The maximum Gasteiger partial charge on any atom is 0.488 e. The van der Waals surface area contributed by atoms with Gasteiger partial charge in [0.15, 0.2) is 17.3 Å². The Kier molecular flexibility index (Phi) is 34.2. The molecule has 0 spiro atoms. The molecule has 0 aliphatic carbocycles. The van der Waals surface area contributed by atoms with Crippen LogP contribution in [0, 0.1) is 20.8 Å². The highest BCUT2D eigenvalue weighted by molar-refractivity contribution is 9.10. The summed E-state index contributed by atoms with van der Waals surface area (Å²) in [5, 5.41) is 43.3. The molecule has 146 heavy (non-hydrogen) atoms.